The van der Waals surface area contributed by atoms with Crippen LogP contribution in [-0.4, -0.2) is 39.0 Å². The van der Waals surface area contributed by atoms with Crippen LogP contribution in [0.3, 0.4) is 0 Å². The predicted octanol–water partition coefficient (Wildman–Crippen LogP) is 4.62. The molecule has 4 unspecified atom stereocenters. The van der Waals surface area contributed by atoms with E-state index in [9.17, 15) is 0 Å². The zero-order valence-electron chi connectivity index (χ0n) is 17.0. The van der Waals surface area contributed by atoms with Gasteiger partial charge in [-0.05, 0) is 53.2 Å². The molecular formula is C21H32Cl2N2SiTi-2. The summed E-state index contributed by atoms with van der Waals surface area (Å²) in [5, 5.41) is 7.48. The van der Waals surface area contributed by atoms with E-state index in [1.165, 1.54) is 29.9 Å². The van der Waals surface area contributed by atoms with Gasteiger partial charge in [-0.2, -0.15) is 0 Å². The normalized spacial score (nSPS) is 29.7. The summed E-state index contributed by atoms with van der Waals surface area (Å²) >= 11 is -0.556. The van der Waals surface area contributed by atoms with Crippen LogP contribution in [0, 0.1) is 25.2 Å². The van der Waals surface area contributed by atoms with Crippen LogP contribution >= 0.6 is 18.6 Å². The maximum absolute atomic E-state index is 4.89. The minimum atomic E-state index is -1.44. The molecule has 0 bridgehead atoms. The molecule has 4 atom stereocenters. The van der Waals surface area contributed by atoms with E-state index in [0.29, 0.717) is 0 Å². The summed E-state index contributed by atoms with van der Waals surface area (Å²) in [6.45, 7) is 12.2. The van der Waals surface area contributed by atoms with Crippen molar-refractivity contribution in [3.05, 3.63) is 47.4 Å². The Kier molecular flexibility index (Phi) is 9.14. The molecule has 0 radical (unpaired) electrons. The van der Waals surface area contributed by atoms with E-state index in [0.717, 1.165) is 36.4 Å². The Morgan fingerprint density at radius 2 is 1.63 bits per heavy atom. The molecule has 2 aliphatic carbocycles. The first-order valence-corrected chi connectivity index (χ1v) is 16.9. The van der Waals surface area contributed by atoms with E-state index in [1.54, 1.807) is 0 Å². The average Bonchev–Trinajstić information content (AvgIpc) is 2.96. The van der Waals surface area contributed by atoms with Gasteiger partial charge in [0.1, 0.15) is 8.24 Å². The molecular weight excluding hydrogens is 427 g/mol. The predicted molar refractivity (Wildman–Crippen MR) is 119 cm³/mol. The van der Waals surface area contributed by atoms with Crippen LogP contribution in [0.25, 0.3) is 17.5 Å². The first kappa shape index (κ1) is 23.7. The van der Waals surface area contributed by atoms with Crippen LogP contribution in [-0.2, 0) is 17.0 Å². The Labute approximate surface area is 183 Å². The molecule has 0 N–H and O–H groups in total. The van der Waals surface area contributed by atoms with Gasteiger partial charge in [-0.3, -0.25) is 0 Å². The molecule has 1 aromatic rings. The van der Waals surface area contributed by atoms with Gasteiger partial charge in [0.15, 0.2) is 0 Å². The average molecular weight is 459 g/mol. The molecule has 0 amide bonds. The third kappa shape index (κ3) is 5.12. The summed E-state index contributed by atoms with van der Waals surface area (Å²) in [7, 11) is 8.34. The zero-order chi connectivity index (χ0) is 18.7. The van der Waals surface area contributed by atoms with Crippen molar-refractivity contribution in [1.29, 1.82) is 0 Å². The molecule has 2 fully saturated rings. The molecule has 1 saturated heterocycles. The van der Waals surface area contributed by atoms with Crippen molar-refractivity contribution in [2.45, 2.75) is 32.0 Å². The number of nitrogens with zero attached hydrogens (tertiary/aromatic N) is 2. The molecule has 1 saturated carbocycles. The summed E-state index contributed by atoms with van der Waals surface area (Å²) < 4.78 is 2.85. The van der Waals surface area contributed by atoms with Gasteiger partial charge in [0, 0.05) is 0 Å². The fourth-order valence-corrected chi connectivity index (χ4v) is 10.2. The number of benzene rings is 1. The van der Waals surface area contributed by atoms with Crippen molar-refractivity contribution in [3.63, 3.8) is 0 Å². The van der Waals surface area contributed by atoms with Gasteiger partial charge >= 0.3 is 35.6 Å². The van der Waals surface area contributed by atoms with Crippen molar-refractivity contribution in [2.75, 3.05) is 26.2 Å². The Balaban J connectivity index is 0.000000614. The Morgan fingerprint density at radius 3 is 2.22 bits per heavy atom. The zero-order valence-corrected chi connectivity index (χ0v) is 21.0. The van der Waals surface area contributed by atoms with E-state index in [2.05, 4.69) is 66.3 Å². The molecule has 1 aliphatic heterocycles. The van der Waals surface area contributed by atoms with E-state index in [1.807, 2.05) is 0 Å². The summed E-state index contributed by atoms with van der Waals surface area (Å²) in [6, 6.07) is 8.95. The van der Waals surface area contributed by atoms with Crippen LogP contribution in [0.1, 0.15) is 13.3 Å². The van der Waals surface area contributed by atoms with Crippen LogP contribution < -0.4 is 10.4 Å². The molecule has 150 valence electrons. The standard InChI is InChI=1S/C20H29N2Si.CH3.2ClH.Ti/c1-15-12-18-13-16-6-4-5-7-17(16)14-19(18)20(15)23(2,3)22-10-8-21-9-11-22;;;;/h4-7,13-15,18-20H,8-12H2,1-3H3;1H3;2*1H;/q2*-1;;;+2/p-2. The molecule has 3 aliphatic rings. The molecule has 4 rings (SSSR count). The second kappa shape index (κ2) is 10.4. The molecule has 1 heterocycles. The molecule has 1 aromatic carbocycles. The van der Waals surface area contributed by atoms with Crippen molar-refractivity contribution in [1.82, 2.24) is 4.57 Å². The summed E-state index contributed by atoms with van der Waals surface area (Å²) in [5.41, 5.74) is 0.871. The third-order valence-corrected chi connectivity index (χ3v) is 11.3. The van der Waals surface area contributed by atoms with Gasteiger partial charge in [-0.1, -0.05) is 56.4 Å². The van der Waals surface area contributed by atoms with Gasteiger partial charge in [0.25, 0.3) is 0 Å². The van der Waals surface area contributed by atoms with Crippen molar-refractivity contribution >= 4 is 39.0 Å². The Hall–Kier alpha value is 0.391. The number of halogens is 2. The quantitative estimate of drug-likeness (QED) is 0.466. The molecule has 0 spiro atoms. The summed E-state index contributed by atoms with van der Waals surface area (Å²) in [5.74, 6) is 2.35. The maximum atomic E-state index is 4.89. The second-order valence-electron chi connectivity index (χ2n) is 8.33. The van der Waals surface area contributed by atoms with E-state index < -0.39 is 25.3 Å². The van der Waals surface area contributed by atoms with Crippen LogP contribution in [0.4, 0.5) is 0 Å². The monoisotopic (exact) mass is 458 g/mol. The van der Waals surface area contributed by atoms with Crippen LogP contribution in [0.15, 0.2) is 24.3 Å². The Bertz CT molecular complexity index is 721. The first-order chi connectivity index (χ1) is 12.5. The van der Waals surface area contributed by atoms with Gasteiger partial charge in [0.2, 0.25) is 0 Å². The first-order valence-electron chi connectivity index (χ1n) is 9.62. The summed E-state index contributed by atoms with van der Waals surface area (Å²) in [4.78, 5) is 0. The fraction of sp³-hybridized carbons (Fsp3) is 0.571. The number of hydrogen-bond donors (Lipinski definition) is 0. The minimum absolute atomic E-state index is 0. The molecule has 2 nitrogen and oxygen atoms in total. The van der Waals surface area contributed by atoms with Crippen LogP contribution in [0.5, 0.6) is 0 Å². The molecule has 6 heteroatoms. The third-order valence-electron chi connectivity index (χ3n) is 6.61. The number of piperazine rings is 1. The number of hydrogen-bond acceptors (Lipinski definition) is 1. The van der Waals surface area contributed by atoms with E-state index >= 15 is 0 Å². The fourth-order valence-electron chi connectivity index (χ4n) is 5.60. The second-order valence-corrected chi connectivity index (χ2v) is 15.5. The van der Waals surface area contributed by atoms with Gasteiger partial charge in [-0.15, -0.1) is 13.1 Å². The van der Waals surface area contributed by atoms with E-state index in [4.69, 9.17) is 18.6 Å². The Morgan fingerprint density at radius 1 is 1.07 bits per heavy atom. The molecule has 27 heavy (non-hydrogen) atoms. The van der Waals surface area contributed by atoms with E-state index in [-0.39, 0.29) is 7.43 Å². The summed E-state index contributed by atoms with van der Waals surface area (Å²) in [6.07, 6.45) is 6.57. The van der Waals surface area contributed by atoms with Gasteiger partial charge in [-0.25, -0.2) is 0 Å². The van der Waals surface area contributed by atoms with Gasteiger partial charge in [0.05, 0.1) is 0 Å². The van der Waals surface area contributed by atoms with Crippen LogP contribution in [0.2, 0.25) is 18.6 Å². The van der Waals surface area contributed by atoms with Crippen molar-refractivity contribution < 1.29 is 17.0 Å². The van der Waals surface area contributed by atoms with Crippen molar-refractivity contribution in [2.24, 2.45) is 17.8 Å². The number of fused-ring (bicyclic) bond motifs is 2. The molecule has 0 aromatic heterocycles. The van der Waals surface area contributed by atoms with Gasteiger partial charge < -0.3 is 17.3 Å². The SMILES string of the molecule is CC1CC2C=c3ccccc3=CC2C1[Si](C)(C)N1CC[N-]CC1.[CH3-].[Cl][Ti][Cl]. The number of rotatable bonds is 2. The van der Waals surface area contributed by atoms with Crippen molar-refractivity contribution in [3.8, 4) is 0 Å². The topological polar surface area (TPSA) is 17.3 Å².